The van der Waals surface area contributed by atoms with Gasteiger partial charge in [0, 0.05) is 6.42 Å². The third-order valence-corrected chi connectivity index (χ3v) is 4.84. The molecule has 1 atom stereocenters. The molecule has 0 radical (unpaired) electrons. The number of halogens is 5. The standard InChI is InChI=1S/C9H16F5NO2S/c1-7(3-5-15)18(16,17)6-2-4-8(10,11)9(12,13)14/h7H,2-6,15H2,1H3. The Hall–Kier alpha value is -0.440. The van der Waals surface area contributed by atoms with Crippen LogP contribution in [0.4, 0.5) is 22.0 Å². The van der Waals surface area contributed by atoms with Crippen LogP contribution >= 0.6 is 0 Å². The molecule has 2 N–H and O–H groups in total. The Morgan fingerprint density at radius 1 is 1.17 bits per heavy atom. The zero-order valence-electron chi connectivity index (χ0n) is 9.80. The molecule has 0 aliphatic heterocycles. The Balaban J connectivity index is 4.36. The first kappa shape index (κ1) is 17.6. The van der Waals surface area contributed by atoms with E-state index in [2.05, 4.69) is 0 Å². The van der Waals surface area contributed by atoms with Gasteiger partial charge in [0.05, 0.1) is 11.0 Å². The molecule has 0 spiro atoms. The average molecular weight is 297 g/mol. The summed E-state index contributed by atoms with van der Waals surface area (Å²) in [4.78, 5) is 0. The lowest BCUT2D eigenvalue weighted by atomic mass is 10.2. The largest absolute Gasteiger partial charge is 0.453 e. The molecule has 1 unspecified atom stereocenters. The number of hydrogen-bond acceptors (Lipinski definition) is 3. The van der Waals surface area contributed by atoms with Gasteiger partial charge in [-0.2, -0.15) is 22.0 Å². The molecule has 0 aromatic rings. The molecule has 0 aliphatic carbocycles. The van der Waals surface area contributed by atoms with Crippen molar-refractivity contribution >= 4 is 9.84 Å². The molecule has 0 saturated heterocycles. The molecule has 18 heavy (non-hydrogen) atoms. The summed E-state index contributed by atoms with van der Waals surface area (Å²) in [5, 5.41) is -0.831. The summed E-state index contributed by atoms with van der Waals surface area (Å²) in [6.07, 6.45) is -7.74. The second kappa shape index (κ2) is 6.14. The minimum Gasteiger partial charge on any atom is -0.330 e. The predicted octanol–water partition coefficient (Wildman–Crippen LogP) is 2.12. The Morgan fingerprint density at radius 3 is 2.06 bits per heavy atom. The van der Waals surface area contributed by atoms with Gasteiger partial charge in [0.25, 0.3) is 0 Å². The number of rotatable bonds is 7. The highest BCUT2D eigenvalue weighted by molar-refractivity contribution is 7.91. The molecule has 0 fully saturated rings. The van der Waals surface area contributed by atoms with Crippen molar-refractivity contribution in [2.45, 2.75) is 43.5 Å². The zero-order chi connectivity index (χ0) is 14.6. The van der Waals surface area contributed by atoms with E-state index in [1.54, 1.807) is 0 Å². The van der Waals surface area contributed by atoms with Gasteiger partial charge in [-0.3, -0.25) is 0 Å². The molecule has 3 nitrogen and oxygen atoms in total. The molecule has 0 aromatic carbocycles. The van der Waals surface area contributed by atoms with Gasteiger partial charge in [-0.1, -0.05) is 0 Å². The van der Waals surface area contributed by atoms with Crippen LogP contribution in [0.25, 0.3) is 0 Å². The van der Waals surface area contributed by atoms with Crippen molar-refractivity contribution in [2.75, 3.05) is 12.3 Å². The van der Waals surface area contributed by atoms with Gasteiger partial charge in [0.1, 0.15) is 0 Å². The Kier molecular flexibility index (Phi) is 5.99. The summed E-state index contributed by atoms with van der Waals surface area (Å²) in [6.45, 7) is 1.46. The van der Waals surface area contributed by atoms with Crippen LogP contribution < -0.4 is 5.73 Å². The second-order valence-electron chi connectivity index (χ2n) is 4.06. The Labute approximate surface area is 102 Å². The van der Waals surface area contributed by atoms with Gasteiger partial charge in [-0.05, 0) is 26.3 Å². The lowest BCUT2D eigenvalue weighted by molar-refractivity contribution is -0.284. The Morgan fingerprint density at radius 2 is 1.67 bits per heavy atom. The summed E-state index contributed by atoms with van der Waals surface area (Å²) in [5.74, 6) is -5.54. The Bertz CT molecular complexity index is 352. The lowest BCUT2D eigenvalue weighted by Crippen LogP contribution is -2.37. The number of alkyl halides is 5. The summed E-state index contributed by atoms with van der Waals surface area (Å²) < 4.78 is 83.4. The topological polar surface area (TPSA) is 60.2 Å². The number of nitrogens with two attached hydrogens (primary N) is 1. The van der Waals surface area contributed by atoms with Crippen LogP contribution in [0.3, 0.4) is 0 Å². The van der Waals surface area contributed by atoms with Crippen molar-refractivity contribution in [2.24, 2.45) is 5.73 Å². The summed E-state index contributed by atoms with van der Waals surface area (Å²) in [6, 6.07) is 0. The number of sulfone groups is 1. The SMILES string of the molecule is CC(CCN)S(=O)(=O)CCCC(F)(F)C(F)(F)F. The van der Waals surface area contributed by atoms with Crippen LogP contribution in [0.1, 0.15) is 26.2 Å². The molecule has 110 valence electrons. The first-order chi connectivity index (χ1) is 7.94. The molecule has 0 amide bonds. The third kappa shape index (κ3) is 5.05. The van der Waals surface area contributed by atoms with Gasteiger partial charge in [-0.15, -0.1) is 0 Å². The smallest absolute Gasteiger partial charge is 0.330 e. The van der Waals surface area contributed by atoms with E-state index in [0.29, 0.717) is 0 Å². The van der Waals surface area contributed by atoms with Crippen LogP contribution in [0, 0.1) is 0 Å². The second-order valence-corrected chi connectivity index (χ2v) is 6.60. The maximum absolute atomic E-state index is 12.5. The molecule has 0 aromatic heterocycles. The highest BCUT2D eigenvalue weighted by atomic mass is 32.2. The van der Waals surface area contributed by atoms with Crippen LogP contribution in [0.15, 0.2) is 0 Å². The van der Waals surface area contributed by atoms with Crippen molar-refractivity contribution < 1.29 is 30.4 Å². The zero-order valence-corrected chi connectivity index (χ0v) is 10.6. The fourth-order valence-corrected chi connectivity index (χ4v) is 2.70. The molecule has 9 heteroatoms. The van der Waals surface area contributed by atoms with Crippen molar-refractivity contribution in [3.05, 3.63) is 0 Å². The molecule has 0 saturated carbocycles. The van der Waals surface area contributed by atoms with Crippen molar-refractivity contribution in [1.29, 1.82) is 0 Å². The fourth-order valence-electron chi connectivity index (χ4n) is 1.25. The van der Waals surface area contributed by atoms with Crippen LogP contribution in [0.2, 0.25) is 0 Å². The van der Waals surface area contributed by atoms with Gasteiger partial charge in [-0.25, -0.2) is 8.42 Å². The van der Waals surface area contributed by atoms with E-state index in [4.69, 9.17) is 5.73 Å². The van der Waals surface area contributed by atoms with Gasteiger partial charge in [0.2, 0.25) is 0 Å². The molecule has 0 aliphatic rings. The predicted molar refractivity (Wildman–Crippen MR) is 57.2 cm³/mol. The molecular formula is C9H16F5NO2S. The molecule has 0 heterocycles. The average Bonchev–Trinajstić information content (AvgIpc) is 2.15. The highest BCUT2D eigenvalue weighted by Crippen LogP contribution is 2.38. The maximum Gasteiger partial charge on any atom is 0.453 e. The quantitative estimate of drug-likeness (QED) is 0.732. The van der Waals surface area contributed by atoms with Gasteiger partial charge in [0.15, 0.2) is 9.84 Å². The van der Waals surface area contributed by atoms with Gasteiger partial charge >= 0.3 is 12.1 Å². The molecule has 0 rings (SSSR count). The molecule has 0 bridgehead atoms. The van der Waals surface area contributed by atoms with Crippen molar-refractivity contribution in [1.82, 2.24) is 0 Å². The molecular weight excluding hydrogens is 281 g/mol. The lowest BCUT2D eigenvalue weighted by Gasteiger charge is -2.19. The summed E-state index contributed by atoms with van der Waals surface area (Å²) in [5.41, 5.74) is 5.15. The number of hydrogen-bond donors (Lipinski definition) is 1. The first-order valence-electron chi connectivity index (χ1n) is 5.30. The first-order valence-corrected chi connectivity index (χ1v) is 7.02. The van der Waals surface area contributed by atoms with E-state index < -0.39 is 45.8 Å². The third-order valence-electron chi connectivity index (χ3n) is 2.52. The van der Waals surface area contributed by atoms with Crippen LogP contribution in [-0.4, -0.2) is 38.1 Å². The van der Waals surface area contributed by atoms with E-state index in [9.17, 15) is 30.4 Å². The minimum atomic E-state index is -5.64. The van der Waals surface area contributed by atoms with Crippen molar-refractivity contribution in [3.63, 3.8) is 0 Å². The highest BCUT2D eigenvalue weighted by Gasteiger charge is 2.56. The summed E-state index contributed by atoms with van der Waals surface area (Å²) >= 11 is 0. The normalized spacial score (nSPS) is 15.7. The maximum atomic E-state index is 12.5. The fraction of sp³-hybridized carbons (Fsp3) is 1.00. The van der Waals surface area contributed by atoms with E-state index in [-0.39, 0.29) is 13.0 Å². The van der Waals surface area contributed by atoms with E-state index in [1.807, 2.05) is 0 Å². The minimum absolute atomic E-state index is 0.110. The van der Waals surface area contributed by atoms with Crippen molar-refractivity contribution in [3.8, 4) is 0 Å². The van der Waals surface area contributed by atoms with E-state index in [0.717, 1.165) is 0 Å². The van der Waals surface area contributed by atoms with E-state index in [1.165, 1.54) is 6.92 Å². The van der Waals surface area contributed by atoms with Crippen LogP contribution in [-0.2, 0) is 9.84 Å². The van der Waals surface area contributed by atoms with Gasteiger partial charge < -0.3 is 5.73 Å². The van der Waals surface area contributed by atoms with Crippen LogP contribution in [0.5, 0.6) is 0 Å². The summed E-state index contributed by atoms with van der Waals surface area (Å²) in [7, 11) is -3.67. The monoisotopic (exact) mass is 297 g/mol. The van der Waals surface area contributed by atoms with E-state index >= 15 is 0 Å².